The molecular weight excluding hydrogens is 344 g/mol. The highest BCUT2D eigenvalue weighted by Crippen LogP contribution is 2.23. The number of carbonyl (C=O) groups is 1. The molecule has 0 radical (unpaired) electrons. The Bertz CT molecular complexity index is 877. The van der Waals surface area contributed by atoms with Gasteiger partial charge in [-0.25, -0.2) is 4.98 Å². The van der Waals surface area contributed by atoms with Gasteiger partial charge in [0.15, 0.2) is 5.16 Å². The van der Waals surface area contributed by atoms with E-state index in [1.807, 2.05) is 29.0 Å². The maximum Gasteiger partial charge on any atom is 0.230 e. The molecule has 26 heavy (non-hydrogen) atoms. The van der Waals surface area contributed by atoms with Gasteiger partial charge in [0.2, 0.25) is 5.91 Å². The van der Waals surface area contributed by atoms with Crippen LogP contribution in [0.3, 0.4) is 0 Å². The SMILES string of the molecule is Cc1ccc(C)c(-n2ccnc2SCC(=O)NCCc2ccccn2)c1. The van der Waals surface area contributed by atoms with E-state index < -0.39 is 0 Å². The van der Waals surface area contributed by atoms with Crippen LogP contribution < -0.4 is 5.32 Å². The molecule has 134 valence electrons. The molecule has 0 saturated heterocycles. The summed E-state index contributed by atoms with van der Waals surface area (Å²) in [6.45, 7) is 4.73. The third kappa shape index (κ3) is 4.73. The molecule has 1 N–H and O–H groups in total. The van der Waals surface area contributed by atoms with Crippen molar-refractivity contribution in [2.75, 3.05) is 12.3 Å². The highest BCUT2D eigenvalue weighted by molar-refractivity contribution is 7.99. The predicted molar refractivity (Wildman–Crippen MR) is 105 cm³/mol. The summed E-state index contributed by atoms with van der Waals surface area (Å²) >= 11 is 1.44. The Morgan fingerprint density at radius 3 is 2.85 bits per heavy atom. The molecule has 0 saturated carbocycles. The van der Waals surface area contributed by atoms with Crippen LogP contribution in [-0.4, -0.2) is 32.7 Å². The third-order valence-corrected chi connectivity index (χ3v) is 4.96. The zero-order valence-electron chi connectivity index (χ0n) is 15.0. The molecule has 0 aliphatic heterocycles. The van der Waals surface area contributed by atoms with Crippen molar-refractivity contribution < 1.29 is 4.79 Å². The van der Waals surface area contributed by atoms with Crippen LogP contribution in [0.4, 0.5) is 0 Å². The lowest BCUT2D eigenvalue weighted by atomic mass is 10.1. The van der Waals surface area contributed by atoms with E-state index >= 15 is 0 Å². The second-order valence-corrected chi connectivity index (χ2v) is 7.02. The summed E-state index contributed by atoms with van der Waals surface area (Å²) in [5.41, 5.74) is 4.45. The molecule has 5 nitrogen and oxygen atoms in total. The fourth-order valence-electron chi connectivity index (χ4n) is 2.62. The maximum absolute atomic E-state index is 12.1. The summed E-state index contributed by atoms with van der Waals surface area (Å²) < 4.78 is 2.04. The summed E-state index contributed by atoms with van der Waals surface area (Å²) in [6.07, 6.45) is 6.20. The lowest BCUT2D eigenvalue weighted by Gasteiger charge is -2.11. The number of nitrogens with one attached hydrogen (secondary N) is 1. The quantitative estimate of drug-likeness (QED) is 0.652. The zero-order valence-corrected chi connectivity index (χ0v) is 15.8. The summed E-state index contributed by atoms with van der Waals surface area (Å²) in [5.74, 6) is 0.339. The van der Waals surface area contributed by atoms with Gasteiger partial charge in [0, 0.05) is 37.3 Å². The number of carbonyl (C=O) groups excluding carboxylic acids is 1. The van der Waals surface area contributed by atoms with Crippen molar-refractivity contribution >= 4 is 17.7 Å². The number of rotatable bonds is 7. The van der Waals surface area contributed by atoms with E-state index in [2.05, 4.69) is 47.3 Å². The van der Waals surface area contributed by atoms with Crippen LogP contribution in [0.1, 0.15) is 16.8 Å². The van der Waals surface area contributed by atoms with Gasteiger partial charge in [0.25, 0.3) is 0 Å². The van der Waals surface area contributed by atoms with Crippen molar-refractivity contribution in [3.63, 3.8) is 0 Å². The largest absolute Gasteiger partial charge is 0.355 e. The zero-order chi connectivity index (χ0) is 18.4. The van der Waals surface area contributed by atoms with Gasteiger partial charge < -0.3 is 5.32 Å². The number of pyridine rings is 1. The highest BCUT2D eigenvalue weighted by Gasteiger charge is 2.10. The molecule has 3 rings (SSSR count). The van der Waals surface area contributed by atoms with Crippen molar-refractivity contribution in [3.05, 3.63) is 71.8 Å². The number of aryl methyl sites for hydroxylation is 2. The average Bonchev–Trinajstić information content (AvgIpc) is 3.11. The number of imidazole rings is 1. The Hall–Kier alpha value is -2.60. The lowest BCUT2D eigenvalue weighted by Crippen LogP contribution is -2.27. The number of thioether (sulfide) groups is 1. The topological polar surface area (TPSA) is 59.8 Å². The van der Waals surface area contributed by atoms with Gasteiger partial charge in [0.05, 0.1) is 11.4 Å². The van der Waals surface area contributed by atoms with Crippen LogP contribution in [0.15, 0.2) is 60.1 Å². The van der Waals surface area contributed by atoms with Crippen LogP contribution in [0.25, 0.3) is 5.69 Å². The van der Waals surface area contributed by atoms with Crippen molar-refractivity contribution in [2.45, 2.75) is 25.4 Å². The Kier molecular flexibility index (Phi) is 6.07. The molecule has 0 bridgehead atoms. The number of benzene rings is 1. The fraction of sp³-hybridized carbons (Fsp3) is 0.250. The minimum absolute atomic E-state index is 0.00134. The molecule has 0 spiro atoms. The van der Waals surface area contributed by atoms with E-state index in [-0.39, 0.29) is 5.91 Å². The lowest BCUT2D eigenvalue weighted by molar-refractivity contribution is -0.118. The monoisotopic (exact) mass is 366 g/mol. The molecule has 2 aromatic heterocycles. The second kappa shape index (κ2) is 8.67. The van der Waals surface area contributed by atoms with Crippen molar-refractivity contribution in [2.24, 2.45) is 0 Å². The summed E-state index contributed by atoms with van der Waals surface area (Å²) in [7, 11) is 0. The van der Waals surface area contributed by atoms with E-state index in [1.54, 1.807) is 12.4 Å². The maximum atomic E-state index is 12.1. The standard InChI is InChI=1S/C20H22N4OS/c1-15-6-7-16(2)18(13-15)24-12-11-23-20(24)26-14-19(25)22-10-8-17-5-3-4-9-21-17/h3-7,9,11-13H,8,10,14H2,1-2H3,(H,22,25). The molecule has 6 heteroatoms. The number of nitrogens with zero attached hydrogens (tertiary/aromatic N) is 3. The summed E-state index contributed by atoms with van der Waals surface area (Å²) in [6, 6.07) is 12.1. The minimum Gasteiger partial charge on any atom is -0.355 e. The van der Waals surface area contributed by atoms with Crippen LogP contribution in [-0.2, 0) is 11.2 Å². The van der Waals surface area contributed by atoms with Crippen LogP contribution in [0, 0.1) is 13.8 Å². The van der Waals surface area contributed by atoms with E-state index in [1.165, 1.54) is 22.9 Å². The predicted octanol–water partition coefficient (Wildman–Crippen LogP) is 3.34. The Labute approximate surface area is 157 Å². The van der Waals surface area contributed by atoms with Crippen LogP contribution in [0.2, 0.25) is 0 Å². The van der Waals surface area contributed by atoms with Crippen molar-refractivity contribution in [3.8, 4) is 5.69 Å². The molecular formula is C20H22N4OS. The number of hydrogen-bond acceptors (Lipinski definition) is 4. The van der Waals surface area contributed by atoms with Gasteiger partial charge in [-0.15, -0.1) is 0 Å². The average molecular weight is 366 g/mol. The Morgan fingerprint density at radius 2 is 2.04 bits per heavy atom. The van der Waals surface area contributed by atoms with Gasteiger partial charge in [-0.3, -0.25) is 14.3 Å². The molecule has 0 atom stereocenters. The second-order valence-electron chi connectivity index (χ2n) is 6.08. The first-order valence-corrected chi connectivity index (χ1v) is 9.52. The van der Waals surface area contributed by atoms with E-state index in [9.17, 15) is 4.79 Å². The minimum atomic E-state index is 0.00134. The smallest absolute Gasteiger partial charge is 0.230 e. The first-order chi connectivity index (χ1) is 12.6. The van der Waals surface area contributed by atoms with Gasteiger partial charge in [0.1, 0.15) is 0 Å². The summed E-state index contributed by atoms with van der Waals surface area (Å²) in [4.78, 5) is 20.8. The molecule has 3 aromatic rings. The summed E-state index contributed by atoms with van der Waals surface area (Å²) in [5, 5.41) is 3.75. The molecule has 0 unspecified atom stereocenters. The first-order valence-electron chi connectivity index (χ1n) is 8.54. The van der Waals surface area contributed by atoms with Gasteiger partial charge in [-0.05, 0) is 43.2 Å². The van der Waals surface area contributed by atoms with Gasteiger partial charge in [-0.1, -0.05) is 30.0 Å². The first kappa shape index (κ1) is 18.2. The highest BCUT2D eigenvalue weighted by atomic mass is 32.2. The van der Waals surface area contributed by atoms with Crippen LogP contribution in [0.5, 0.6) is 0 Å². The van der Waals surface area contributed by atoms with Gasteiger partial charge in [-0.2, -0.15) is 0 Å². The molecule has 0 fully saturated rings. The third-order valence-electron chi connectivity index (χ3n) is 3.99. The molecule has 2 heterocycles. The molecule has 1 aromatic carbocycles. The normalized spacial score (nSPS) is 10.7. The van der Waals surface area contributed by atoms with E-state index in [0.29, 0.717) is 12.3 Å². The molecule has 0 aliphatic rings. The fourth-order valence-corrected chi connectivity index (χ4v) is 3.41. The molecule has 0 aliphatic carbocycles. The number of aromatic nitrogens is 3. The number of hydrogen-bond donors (Lipinski definition) is 1. The van der Waals surface area contributed by atoms with Crippen LogP contribution >= 0.6 is 11.8 Å². The molecule has 1 amide bonds. The Morgan fingerprint density at radius 1 is 1.15 bits per heavy atom. The number of amides is 1. The van der Waals surface area contributed by atoms with E-state index in [0.717, 1.165) is 23.0 Å². The van der Waals surface area contributed by atoms with Gasteiger partial charge >= 0.3 is 0 Å². The Balaban J connectivity index is 1.55. The van der Waals surface area contributed by atoms with Crippen molar-refractivity contribution in [1.29, 1.82) is 0 Å². The van der Waals surface area contributed by atoms with E-state index in [4.69, 9.17) is 0 Å². The van der Waals surface area contributed by atoms with Crippen molar-refractivity contribution in [1.82, 2.24) is 19.9 Å².